The number of nitrogens with zero attached hydrogens (tertiary/aromatic N) is 1. The highest BCUT2D eigenvalue weighted by Crippen LogP contribution is 2.33. The van der Waals surface area contributed by atoms with Gasteiger partial charge in [-0.05, 0) is 35.6 Å². The number of carbonyl (C=O) groups is 2. The third-order valence-electron chi connectivity index (χ3n) is 4.32. The second-order valence-corrected chi connectivity index (χ2v) is 6.41. The summed E-state index contributed by atoms with van der Waals surface area (Å²) in [6, 6.07) is 3.41. The van der Waals surface area contributed by atoms with Crippen molar-refractivity contribution in [1.82, 2.24) is 10.2 Å². The van der Waals surface area contributed by atoms with E-state index in [1.165, 1.54) is 6.92 Å². The lowest BCUT2D eigenvalue weighted by atomic mass is 9.96. The van der Waals surface area contributed by atoms with E-state index in [0.29, 0.717) is 24.6 Å². The molecule has 1 aromatic carbocycles. The van der Waals surface area contributed by atoms with E-state index in [1.807, 2.05) is 26.0 Å². The van der Waals surface area contributed by atoms with Gasteiger partial charge in [0.15, 0.2) is 11.5 Å². The zero-order valence-corrected chi connectivity index (χ0v) is 15.0. The van der Waals surface area contributed by atoms with Gasteiger partial charge in [0.25, 0.3) is 0 Å². The van der Waals surface area contributed by atoms with Crippen LogP contribution in [0.15, 0.2) is 12.1 Å². The van der Waals surface area contributed by atoms with E-state index >= 15 is 0 Å². The van der Waals surface area contributed by atoms with Gasteiger partial charge in [-0.2, -0.15) is 0 Å². The number of nitrogens with one attached hydrogen (secondary N) is 1. The lowest BCUT2D eigenvalue weighted by molar-refractivity contribution is -0.138. The van der Waals surface area contributed by atoms with Gasteiger partial charge in [-0.25, -0.2) is 0 Å². The minimum atomic E-state index is -0.496. The second-order valence-electron chi connectivity index (χ2n) is 6.41. The summed E-state index contributed by atoms with van der Waals surface area (Å²) in [5, 5.41) is 2.77. The van der Waals surface area contributed by atoms with Crippen molar-refractivity contribution in [2.45, 2.75) is 39.8 Å². The zero-order chi connectivity index (χ0) is 17.9. The van der Waals surface area contributed by atoms with E-state index in [-0.39, 0.29) is 17.7 Å². The van der Waals surface area contributed by atoms with Crippen molar-refractivity contribution in [2.75, 3.05) is 20.8 Å². The lowest BCUT2D eigenvalue weighted by Gasteiger charge is -2.33. The van der Waals surface area contributed by atoms with Gasteiger partial charge < -0.3 is 19.7 Å². The van der Waals surface area contributed by atoms with Crippen LogP contribution in [0.5, 0.6) is 11.5 Å². The molecule has 0 saturated carbocycles. The average molecular weight is 334 g/mol. The summed E-state index contributed by atoms with van der Waals surface area (Å²) in [6.45, 7) is 6.45. The molecule has 6 nitrogen and oxygen atoms in total. The van der Waals surface area contributed by atoms with Crippen LogP contribution in [0.1, 0.15) is 31.9 Å². The summed E-state index contributed by atoms with van der Waals surface area (Å²) < 4.78 is 10.7. The third-order valence-corrected chi connectivity index (χ3v) is 4.32. The average Bonchev–Trinajstić information content (AvgIpc) is 2.56. The van der Waals surface area contributed by atoms with Gasteiger partial charge >= 0.3 is 0 Å². The Hall–Kier alpha value is -2.24. The summed E-state index contributed by atoms with van der Waals surface area (Å²) in [7, 11) is 3.21. The van der Waals surface area contributed by atoms with Crippen LogP contribution in [-0.4, -0.2) is 43.5 Å². The van der Waals surface area contributed by atoms with E-state index in [4.69, 9.17) is 9.47 Å². The Balaban J connectivity index is 2.22. The van der Waals surface area contributed by atoms with E-state index in [1.54, 1.807) is 19.1 Å². The molecule has 0 spiro atoms. The van der Waals surface area contributed by atoms with Crippen molar-refractivity contribution in [3.05, 3.63) is 23.3 Å². The maximum absolute atomic E-state index is 12.8. The first-order chi connectivity index (χ1) is 11.4. The van der Waals surface area contributed by atoms with Crippen molar-refractivity contribution in [3.8, 4) is 11.5 Å². The fourth-order valence-electron chi connectivity index (χ4n) is 3.00. The van der Waals surface area contributed by atoms with Crippen LogP contribution >= 0.6 is 0 Å². The van der Waals surface area contributed by atoms with Crippen LogP contribution in [0.2, 0.25) is 0 Å². The number of ether oxygens (including phenoxy) is 2. The monoisotopic (exact) mass is 334 g/mol. The van der Waals surface area contributed by atoms with Crippen molar-refractivity contribution in [1.29, 1.82) is 0 Å². The number of methoxy groups -OCH3 is 2. The van der Waals surface area contributed by atoms with Crippen LogP contribution in [0.4, 0.5) is 0 Å². The molecule has 0 radical (unpaired) electrons. The van der Waals surface area contributed by atoms with Crippen molar-refractivity contribution < 1.29 is 19.1 Å². The minimum absolute atomic E-state index is 0.0354. The van der Waals surface area contributed by atoms with Gasteiger partial charge in [0.1, 0.15) is 6.04 Å². The van der Waals surface area contributed by atoms with Crippen LogP contribution in [0, 0.1) is 5.92 Å². The van der Waals surface area contributed by atoms with E-state index in [0.717, 1.165) is 17.5 Å². The Morgan fingerprint density at radius 1 is 1.12 bits per heavy atom. The van der Waals surface area contributed by atoms with Crippen LogP contribution < -0.4 is 14.8 Å². The minimum Gasteiger partial charge on any atom is -0.493 e. The first-order valence-corrected chi connectivity index (χ1v) is 8.17. The Kier molecular flexibility index (Phi) is 5.70. The van der Waals surface area contributed by atoms with Crippen LogP contribution in [0.25, 0.3) is 0 Å². The molecule has 0 fully saturated rings. The van der Waals surface area contributed by atoms with Gasteiger partial charge in [-0.15, -0.1) is 0 Å². The van der Waals surface area contributed by atoms with E-state index in [2.05, 4.69) is 5.32 Å². The van der Waals surface area contributed by atoms with Gasteiger partial charge in [0.05, 0.1) is 14.2 Å². The first-order valence-electron chi connectivity index (χ1n) is 8.17. The number of benzene rings is 1. The van der Waals surface area contributed by atoms with Crippen LogP contribution in [-0.2, 0) is 22.6 Å². The summed E-state index contributed by atoms with van der Waals surface area (Å²) >= 11 is 0. The highest BCUT2D eigenvalue weighted by atomic mass is 16.5. The summed E-state index contributed by atoms with van der Waals surface area (Å²) in [4.78, 5) is 26.0. The smallest absolute Gasteiger partial charge is 0.245 e. The molecule has 0 aromatic heterocycles. The Morgan fingerprint density at radius 2 is 1.71 bits per heavy atom. The highest BCUT2D eigenvalue weighted by Gasteiger charge is 2.30. The maximum Gasteiger partial charge on any atom is 0.245 e. The molecule has 6 heteroatoms. The molecule has 0 bridgehead atoms. The Bertz CT molecular complexity index is 628. The number of carbonyl (C=O) groups excluding carboxylic acids is 2. The number of hydrogen-bond donors (Lipinski definition) is 1. The van der Waals surface area contributed by atoms with Gasteiger partial charge in [0.2, 0.25) is 11.8 Å². The maximum atomic E-state index is 12.8. The highest BCUT2D eigenvalue weighted by molar-refractivity contribution is 5.87. The Labute approximate surface area is 143 Å². The SMILES string of the molecule is COc1cc2c(cc1OC)CN(C(=O)C(NC(C)=O)C(C)C)CC2. The van der Waals surface area contributed by atoms with E-state index in [9.17, 15) is 9.59 Å². The number of hydrogen-bond acceptors (Lipinski definition) is 4. The molecule has 24 heavy (non-hydrogen) atoms. The quantitative estimate of drug-likeness (QED) is 0.891. The molecular formula is C18H26N2O4. The molecule has 132 valence electrons. The third kappa shape index (κ3) is 3.80. The predicted molar refractivity (Wildman–Crippen MR) is 91.1 cm³/mol. The Morgan fingerprint density at radius 3 is 2.21 bits per heavy atom. The normalized spacial score (nSPS) is 14.8. The molecule has 1 atom stereocenters. The number of fused-ring (bicyclic) bond motifs is 1. The molecule has 0 saturated heterocycles. The second kappa shape index (κ2) is 7.55. The molecule has 0 aliphatic carbocycles. The molecule has 1 heterocycles. The standard InChI is InChI=1S/C18H26N2O4/c1-11(2)17(19-12(3)21)18(22)20-7-6-13-8-15(23-4)16(24-5)9-14(13)10-20/h8-9,11,17H,6-7,10H2,1-5H3,(H,19,21). The molecule has 1 aromatic rings. The largest absolute Gasteiger partial charge is 0.493 e. The fourth-order valence-corrected chi connectivity index (χ4v) is 3.00. The molecule has 2 amide bonds. The molecule has 1 aliphatic rings. The lowest BCUT2D eigenvalue weighted by Crippen LogP contribution is -2.51. The molecule has 2 rings (SSSR count). The molecule has 1 aliphatic heterocycles. The number of rotatable bonds is 5. The fraction of sp³-hybridized carbons (Fsp3) is 0.556. The van der Waals surface area contributed by atoms with E-state index < -0.39 is 6.04 Å². The summed E-state index contributed by atoms with van der Waals surface area (Å²) in [5.74, 6) is 1.17. The predicted octanol–water partition coefficient (Wildman–Crippen LogP) is 1.75. The van der Waals surface area contributed by atoms with Crippen LogP contribution in [0.3, 0.4) is 0 Å². The van der Waals surface area contributed by atoms with Crippen molar-refractivity contribution >= 4 is 11.8 Å². The zero-order valence-electron chi connectivity index (χ0n) is 15.0. The van der Waals surface area contributed by atoms with Crippen molar-refractivity contribution in [2.24, 2.45) is 5.92 Å². The van der Waals surface area contributed by atoms with Gasteiger partial charge in [-0.1, -0.05) is 13.8 Å². The molecular weight excluding hydrogens is 308 g/mol. The molecule has 1 N–H and O–H groups in total. The van der Waals surface area contributed by atoms with Gasteiger partial charge in [-0.3, -0.25) is 9.59 Å². The number of amides is 2. The summed E-state index contributed by atoms with van der Waals surface area (Å²) in [6.07, 6.45) is 0.756. The topological polar surface area (TPSA) is 67.9 Å². The van der Waals surface area contributed by atoms with Gasteiger partial charge in [0, 0.05) is 20.0 Å². The first kappa shape index (κ1) is 18.1. The molecule has 1 unspecified atom stereocenters. The summed E-state index contributed by atoms with van der Waals surface area (Å²) in [5.41, 5.74) is 2.22. The van der Waals surface area contributed by atoms with Crippen molar-refractivity contribution in [3.63, 3.8) is 0 Å².